The van der Waals surface area contributed by atoms with Gasteiger partial charge in [0, 0.05) is 13.0 Å². The molecular weight excluding hydrogens is 362 g/mol. The molecule has 3 heterocycles. The van der Waals surface area contributed by atoms with Gasteiger partial charge in [0.15, 0.2) is 0 Å². The average molecular weight is 381 g/mol. The van der Waals surface area contributed by atoms with E-state index < -0.39 is 11.9 Å². The van der Waals surface area contributed by atoms with E-state index in [0.29, 0.717) is 30.3 Å². The Balaban J connectivity index is 1.58. The molecule has 0 fully saturated rings. The van der Waals surface area contributed by atoms with Crippen molar-refractivity contribution >= 4 is 23.2 Å². The SMILES string of the molecule is Cc1oc(-c2cccs2)nc1CC(=O)N1Cc2ccccc2C[C@H]1C(N)=O. The normalized spacial score (nSPS) is 16.2. The molecule has 2 amide bonds. The zero-order chi connectivity index (χ0) is 19.0. The Morgan fingerprint density at radius 3 is 2.74 bits per heavy atom. The Labute approximate surface area is 160 Å². The van der Waals surface area contributed by atoms with Crippen molar-refractivity contribution in [3.05, 3.63) is 64.4 Å². The lowest BCUT2D eigenvalue weighted by atomic mass is 9.93. The van der Waals surface area contributed by atoms with E-state index in [4.69, 9.17) is 10.2 Å². The van der Waals surface area contributed by atoms with Crippen LogP contribution in [0, 0.1) is 6.92 Å². The van der Waals surface area contributed by atoms with Crippen LogP contribution >= 0.6 is 11.3 Å². The van der Waals surface area contributed by atoms with Crippen molar-refractivity contribution in [2.24, 2.45) is 5.73 Å². The molecule has 3 aromatic rings. The molecule has 27 heavy (non-hydrogen) atoms. The molecule has 2 N–H and O–H groups in total. The van der Waals surface area contributed by atoms with E-state index in [0.717, 1.165) is 16.0 Å². The number of carbonyl (C=O) groups is 2. The first kappa shape index (κ1) is 17.5. The predicted octanol–water partition coefficient (Wildman–Crippen LogP) is 2.69. The zero-order valence-corrected chi connectivity index (χ0v) is 15.7. The fourth-order valence-corrected chi connectivity index (χ4v) is 4.03. The predicted molar refractivity (Wildman–Crippen MR) is 102 cm³/mol. The molecule has 0 saturated carbocycles. The van der Waals surface area contributed by atoms with Crippen LogP contribution in [-0.2, 0) is 29.0 Å². The van der Waals surface area contributed by atoms with Crippen LogP contribution in [0.5, 0.6) is 0 Å². The van der Waals surface area contributed by atoms with Crippen molar-refractivity contribution in [3.63, 3.8) is 0 Å². The Bertz CT molecular complexity index is 994. The molecule has 0 unspecified atom stereocenters. The molecular formula is C20H19N3O3S. The van der Waals surface area contributed by atoms with Crippen LogP contribution in [0.1, 0.15) is 22.6 Å². The van der Waals surface area contributed by atoms with E-state index in [-0.39, 0.29) is 12.3 Å². The van der Waals surface area contributed by atoms with Gasteiger partial charge in [-0.25, -0.2) is 4.98 Å². The first-order valence-corrected chi connectivity index (χ1v) is 9.56. The fourth-order valence-electron chi connectivity index (χ4n) is 3.38. The van der Waals surface area contributed by atoms with Crippen molar-refractivity contribution in [3.8, 4) is 10.8 Å². The molecule has 6 nitrogen and oxygen atoms in total. The minimum atomic E-state index is -0.642. The number of nitrogens with two attached hydrogens (primary N) is 1. The number of primary amides is 1. The maximum absolute atomic E-state index is 13.0. The van der Waals surface area contributed by atoms with E-state index in [9.17, 15) is 9.59 Å². The summed E-state index contributed by atoms with van der Waals surface area (Å²) in [5, 5.41) is 1.95. The van der Waals surface area contributed by atoms with E-state index in [2.05, 4.69) is 4.98 Å². The number of nitrogens with zero attached hydrogens (tertiary/aromatic N) is 2. The van der Waals surface area contributed by atoms with Gasteiger partial charge in [0.05, 0.1) is 17.0 Å². The Morgan fingerprint density at radius 2 is 2.04 bits per heavy atom. The molecule has 0 saturated heterocycles. The standard InChI is InChI=1S/C20H19N3O3S/c1-12-15(22-20(26-12)17-7-4-8-27-17)10-18(24)23-11-14-6-3-2-5-13(14)9-16(23)19(21)25/h2-8,16H,9-11H2,1H3,(H2,21,25)/t16-/m0/s1. The zero-order valence-electron chi connectivity index (χ0n) is 14.8. The summed E-state index contributed by atoms with van der Waals surface area (Å²) >= 11 is 1.53. The number of benzene rings is 1. The van der Waals surface area contributed by atoms with Crippen LogP contribution in [0.2, 0.25) is 0 Å². The molecule has 1 atom stereocenters. The third-order valence-corrected chi connectivity index (χ3v) is 5.70. The van der Waals surface area contributed by atoms with Gasteiger partial charge in [0.2, 0.25) is 17.7 Å². The third kappa shape index (κ3) is 3.38. The van der Waals surface area contributed by atoms with E-state index in [1.165, 1.54) is 11.3 Å². The molecule has 1 aliphatic rings. The van der Waals surface area contributed by atoms with Gasteiger partial charge in [0.1, 0.15) is 11.8 Å². The maximum Gasteiger partial charge on any atom is 0.240 e. The second kappa shape index (κ2) is 7.00. The lowest BCUT2D eigenvalue weighted by molar-refractivity contribution is -0.140. The Morgan fingerprint density at radius 1 is 1.26 bits per heavy atom. The van der Waals surface area contributed by atoms with Gasteiger partial charge in [-0.3, -0.25) is 9.59 Å². The van der Waals surface area contributed by atoms with E-state index in [1.807, 2.05) is 41.8 Å². The maximum atomic E-state index is 13.0. The minimum Gasteiger partial charge on any atom is -0.440 e. The summed E-state index contributed by atoms with van der Waals surface area (Å²) < 4.78 is 5.71. The van der Waals surface area contributed by atoms with Crippen LogP contribution in [0.25, 0.3) is 10.8 Å². The molecule has 0 radical (unpaired) electrons. The number of oxazole rings is 1. The summed E-state index contributed by atoms with van der Waals surface area (Å²) in [6.07, 6.45) is 0.516. The first-order chi connectivity index (χ1) is 13.0. The van der Waals surface area contributed by atoms with Gasteiger partial charge >= 0.3 is 0 Å². The number of rotatable bonds is 4. The number of carbonyl (C=O) groups excluding carboxylic acids is 2. The molecule has 2 aromatic heterocycles. The minimum absolute atomic E-state index is 0.0760. The smallest absolute Gasteiger partial charge is 0.240 e. The number of hydrogen-bond donors (Lipinski definition) is 1. The highest BCUT2D eigenvalue weighted by molar-refractivity contribution is 7.13. The average Bonchev–Trinajstić information content (AvgIpc) is 3.31. The van der Waals surface area contributed by atoms with Crippen molar-refractivity contribution in [1.29, 1.82) is 0 Å². The topological polar surface area (TPSA) is 89.4 Å². The molecule has 0 bridgehead atoms. The molecule has 1 aromatic carbocycles. The number of aromatic nitrogens is 1. The molecule has 138 valence electrons. The van der Waals surface area contributed by atoms with Crippen molar-refractivity contribution in [2.45, 2.75) is 32.4 Å². The lowest BCUT2D eigenvalue weighted by Crippen LogP contribution is -2.51. The quantitative estimate of drug-likeness (QED) is 0.752. The van der Waals surface area contributed by atoms with Gasteiger partial charge < -0.3 is 15.1 Å². The van der Waals surface area contributed by atoms with Crippen molar-refractivity contribution in [2.75, 3.05) is 0 Å². The van der Waals surface area contributed by atoms with Crippen LogP contribution in [-0.4, -0.2) is 27.7 Å². The van der Waals surface area contributed by atoms with Gasteiger partial charge in [-0.2, -0.15) is 0 Å². The van der Waals surface area contributed by atoms with Gasteiger partial charge in [-0.1, -0.05) is 30.3 Å². The molecule has 0 spiro atoms. The monoisotopic (exact) mass is 381 g/mol. The highest BCUT2D eigenvalue weighted by Gasteiger charge is 2.33. The lowest BCUT2D eigenvalue weighted by Gasteiger charge is -2.35. The second-order valence-electron chi connectivity index (χ2n) is 6.59. The number of thiophene rings is 1. The van der Waals surface area contributed by atoms with Crippen LogP contribution in [0.15, 0.2) is 46.2 Å². The Kier molecular flexibility index (Phi) is 4.53. The van der Waals surface area contributed by atoms with Gasteiger partial charge in [-0.15, -0.1) is 11.3 Å². The van der Waals surface area contributed by atoms with Crippen molar-refractivity contribution < 1.29 is 14.0 Å². The summed E-state index contributed by atoms with van der Waals surface area (Å²) in [5.41, 5.74) is 8.27. The number of amides is 2. The Hall–Kier alpha value is -2.93. The number of hydrogen-bond acceptors (Lipinski definition) is 5. The first-order valence-electron chi connectivity index (χ1n) is 8.68. The second-order valence-corrected chi connectivity index (χ2v) is 7.54. The summed E-state index contributed by atoms with van der Waals surface area (Å²) in [7, 11) is 0. The highest BCUT2D eigenvalue weighted by Crippen LogP contribution is 2.28. The van der Waals surface area contributed by atoms with Crippen LogP contribution < -0.4 is 5.73 Å². The molecule has 4 rings (SSSR count). The van der Waals surface area contributed by atoms with Crippen molar-refractivity contribution in [1.82, 2.24) is 9.88 Å². The fraction of sp³-hybridized carbons (Fsp3) is 0.250. The molecule has 7 heteroatoms. The van der Waals surface area contributed by atoms with E-state index in [1.54, 1.807) is 11.8 Å². The van der Waals surface area contributed by atoms with Crippen LogP contribution in [0.3, 0.4) is 0 Å². The van der Waals surface area contributed by atoms with Gasteiger partial charge in [0.25, 0.3) is 0 Å². The van der Waals surface area contributed by atoms with Crippen LogP contribution in [0.4, 0.5) is 0 Å². The molecule has 1 aliphatic heterocycles. The largest absolute Gasteiger partial charge is 0.440 e. The highest BCUT2D eigenvalue weighted by atomic mass is 32.1. The third-order valence-electron chi connectivity index (χ3n) is 4.84. The number of fused-ring (bicyclic) bond motifs is 1. The summed E-state index contributed by atoms with van der Waals surface area (Å²) in [6, 6.07) is 11.0. The number of aryl methyl sites for hydroxylation is 1. The van der Waals surface area contributed by atoms with E-state index >= 15 is 0 Å². The molecule has 0 aliphatic carbocycles. The summed E-state index contributed by atoms with van der Waals surface area (Å²) in [4.78, 5) is 31.9. The summed E-state index contributed by atoms with van der Waals surface area (Å²) in [5.74, 6) is 0.456. The van der Waals surface area contributed by atoms with Gasteiger partial charge in [-0.05, 0) is 29.5 Å². The summed E-state index contributed by atoms with van der Waals surface area (Å²) in [6.45, 7) is 2.17.